The summed E-state index contributed by atoms with van der Waals surface area (Å²) in [7, 11) is 1.83. The summed E-state index contributed by atoms with van der Waals surface area (Å²) in [6.45, 7) is 6.51. The monoisotopic (exact) mass is 296 g/mol. The van der Waals surface area contributed by atoms with Crippen molar-refractivity contribution in [3.05, 3.63) is 0 Å². The van der Waals surface area contributed by atoms with Crippen molar-refractivity contribution < 1.29 is 14.3 Å². The molecule has 0 aromatic carbocycles. The number of methoxy groups -OCH3 is 1. The Morgan fingerprint density at radius 2 is 1.52 bits per heavy atom. The Bertz CT molecular complexity index is 324. The number of carbonyl (C=O) groups is 1. The molecular weight excluding hydrogens is 264 g/mol. The molecule has 3 saturated carbocycles. The molecule has 0 amide bonds. The van der Waals surface area contributed by atoms with E-state index in [1.54, 1.807) is 0 Å². The summed E-state index contributed by atoms with van der Waals surface area (Å²) in [4.78, 5) is 11.6. The molecular formula is C18H32O3. The van der Waals surface area contributed by atoms with Crippen molar-refractivity contribution in [1.29, 1.82) is 0 Å². The highest BCUT2D eigenvalue weighted by Gasteiger charge is 2.48. The molecule has 0 aliphatic heterocycles. The number of hydrogen-bond donors (Lipinski definition) is 0. The van der Waals surface area contributed by atoms with Gasteiger partial charge in [0, 0.05) is 26.1 Å². The molecule has 0 radical (unpaired) electrons. The highest BCUT2D eigenvalue weighted by molar-refractivity contribution is 5.80. The summed E-state index contributed by atoms with van der Waals surface area (Å²) < 4.78 is 11.4. The molecule has 0 N–H and O–H groups in total. The van der Waals surface area contributed by atoms with Crippen LogP contribution < -0.4 is 0 Å². The van der Waals surface area contributed by atoms with E-state index in [2.05, 4.69) is 0 Å². The van der Waals surface area contributed by atoms with Crippen molar-refractivity contribution in [3.8, 4) is 0 Å². The largest absolute Gasteiger partial charge is 0.384 e. The Hall–Kier alpha value is -0.410. The molecule has 0 saturated heterocycles. The van der Waals surface area contributed by atoms with Gasteiger partial charge in [-0.3, -0.25) is 4.79 Å². The first-order valence-electron chi connectivity index (χ1n) is 8.60. The minimum atomic E-state index is 0.161. The topological polar surface area (TPSA) is 35.5 Å². The summed E-state index contributed by atoms with van der Waals surface area (Å²) in [5.74, 6) is 0.519. The molecule has 3 rings (SSSR count). The van der Waals surface area contributed by atoms with Crippen LogP contribution in [0.25, 0.3) is 0 Å². The maximum atomic E-state index is 11.6. The van der Waals surface area contributed by atoms with E-state index in [9.17, 15) is 4.79 Å². The predicted molar refractivity (Wildman–Crippen MR) is 84.3 cm³/mol. The van der Waals surface area contributed by atoms with Crippen molar-refractivity contribution in [2.24, 2.45) is 16.7 Å². The molecule has 0 spiro atoms. The van der Waals surface area contributed by atoms with Gasteiger partial charge < -0.3 is 9.47 Å². The number of carbonyl (C=O) groups excluding carboxylic acids is 1. The number of ketones is 1. The Morgan fingerprint density at radius 3 is 2.00 bits per heavy atom. The quantitative estimate of drug-likeness (QED) is 0.603. The summed E-state index contributed by atoms with van der Waals surface area (Å²) in [5.41, 5.74) is 0.901. The fourth-order valence-corrected chi connectivity index (χ4v) is 4.01. The first kappa shape index (κ1) is 17.0. The summed E-state index contributed by atoms with van der Waals surface area (Å²) in [6, 6.07) is 0. The van der Waals surface area contributed by atoms with Crippen LogP contribution in [0.2, 0.25) is 0 Å². The van der Waals surface area contributed by atoms with E-state index >= 15 is 0 Å². The lowest BCUT2D eigenvalue weighted by Crippen LogP contribution is -2.45. The Kier molecular flexibility index (Phi) is 5.84. The first-order valence-corrected chi connectivity index (χ1v) is 8.60. The average Bonchev–Trinajstić information content (AvgIpc) is 2.49. The minimum absolute atomic E-state index is 0.161. The second kappa shape index (κ2) is 7.23. The fourth-order valence-electron chi connectivity index (χ4n) is 4.01. The van der Waals surface area contributed by atoms with Crippen molar-refractivity contribution in [3.63, 3.8) is 0 Å². The van der Waals surface area contributed by atoms with Gasteiger partial charge >= 0.3 is 0 Å². The zero-order valence-corrected chi connectivity index (χ0v) is 14.1. The van der Waals surface area contributed by atoms with E-state index in [1.807, 2.05) is 21.0 Å². The zero-order chi connectivity index (χ0) is 15.3. The number of fused-ring (bicyclic) bond motifs is 3. The maximum Gasteiger partial charge on any atom is 0.135 e. The van der Waals surface area contributed by atoms with Gasteiger partial charge in [0.25, 0.3) is 0 Å². The molecule has 0 heterocycles. The minimum Gasteiger partial charge on any atom is -0.384 e. The Morgan fingerprint density at radius 1 is 1.00 bits per heavy atom. The smallest absolute Gasteiger partial charge is 0.135 e. The maximum absolute atomic E-state index is 11.6. The summed E-state index contributed by atoms with van der Waals surface area (Å²) in [5, 5.41) is 0. The Balaban J connectivity index is 1.65. The van der Waals surface area contributed by atoms with Gasteiger partial charge in [0.05, 0.1) is 13.2 Å². The third-order valence-electron chi connectivity index (χ3n) is 5.77. The van der Waals surface area contributed by atoms with Crippen LogP contribution >= 0.6 is 0 Å². The molecule has 2 bridgehead atoms. The van der Waals surface area contributed by atoms with Gasteiger partial charge in [-0.15, -0.1) is 0 Å². The van der Waals surface area contributed by atoms with E-state index in [0.717, 1.165) is 26.2 Å². The molecule has 21 heavy (non-hydrogen) atoms. The highest BCUT2D eigenvalue weighted by atomic mass is 16.5. The standard InChI is InChI=1S/C18H32O3/c1-15(2)16(19)5-4-12-21-14-18-9-6-17(7-10-18,8-11-18)13-20-3/h15H,4-14H2,1-3H3. The van der Waals surface area contributed by atoms with E-state index < -0.39 is 0 Å². The van der Waals surface area contributed by atoms with Gasteiger partial charge in [0.2, 0.25) is 0 Å². The van der Waals surface area contributed by atoms with E-state index in [1.165, 1.54) is 38.5 Å². The van der Waals surface area contributed by atoms with Gasteiger partial charge in [-0.25, -0.2) is 0 Å². The Labute approximate surface area is 129 Å². The lowest BCUT2D eigenvalue weighted by atomic mass is 9.54. The molecule has 3 fully saturated rings. The van der Waals surface area contributed by atoms with Crippen molar-refractivity contribution >= 4 is 5.78 Å². The van der Waals surface area contributed by atoms with Gasteiger partial charge in [0.15, 0.2) is 0 Å². The van der Waals surface area contributed by atoms with Gasteiger partial charge in [-0.1, -0.05) is 13.8 Å². The fraction of sp³-hybridized carbons (Fsp3) is 0.944. The zero-order valence-electron chi connectivity index (χ0n) is 14.1. The van der Waals surface area contributed by atoms with E-state index in [4.69, 9.17) is 9.47 Å². The third kappa shape index (κ3) is 4.29. The van der Waals surface area contributed by atoms with Gasteiger partial charge in [0.1, 0.15) is 5.78 Å². The van der Waals surface area contributed by atoms with Crippen LogP contribution in [0.1, 0.15) is 65.2 Å². The molecule has 0 unspecified atom stereocenters. The van der Waals surface area contributed by atoms with Crippen LogP contribution in [0, 0.1) is 16.7 Å². The van der Waals surface area contributed by atoms with Crippen LogP contribution in [-0.2, 0) is 14.3 Å². The molecule has 3 aliphatic carbocycles. The van der Waals surface area contributed by atoms with Gasteiger partial charge in [-0.05, 0) is 55.8 Å². The number of hydrogen-bond acceptors (Lipinski definition) is 3. The number of rotatable bonds is 9. The lowest BCUT2D eigenvalue weighted by molar-refractivity contribution is -0.122. The molecule has 0 atom stereocenters. The van der Waals surface area contributed by atoms with Crippen LogP contribution in [0.15, 0.2) is 0 Å². The first-order chi connectivity index (χ1) is 10.0. The predicted octanol–water partition coefficient (Wildman–Crippen LogP) is 4.00. The molecule has 0 aromatic rings. The summed E-state index contributed by atoms with van der Waals surface area (Å²) >= 11 is 0. The highest BCUT2D eigenvalue weighted by Crippen LogP contribution is 2.56. The second-order valence-electron chi connectivity index (χ2n) is 7.71. The summed E-state index contributed by atoms with van der Waals surface area (Å²) in [6.07, 6.45) is 9.33. The van der Waals surface area contributed by atoms with E-state index in [0.29, 0.717) is 23.0 Å². The van der Waals surface area contributed by atoms with Crippen molar-refractivity contribution in [2.75, 3.05) is 26.9 Å². The van der Waals surface area contributed by atoms with Crippen molar-refractivity contribution in [2.45, 2.75) is 65.2 Å². The molecule has 0 aromatic heterocycles. The average molecular weight is 296 g/mol. The van der Waals surface area contributed by atoms with Crippen LogP contribution in [0.5, 0.6) is 0 Å². The molecule has 122 valence electrons. The van der Waals surface area contributed by atoms with Gasteiger partial charge in [-0.2, -0.15) is 0 Å². The number of Topliss-reactive ketones (excluding diaryl/α,β-unsaturated/α-hetero) is 1. The molecule has 3 aliphatic rings. The van der Waals surface area contributed by atoms with Crippen LogP contribution in [0.4, 0.5) is 0 Å². The molecule has 3 nitrogen and oxygen atoms in total. The second-order valence-corrected chi connectivity index (χ2v) is 7.71. The van der Waals surface area contributed by atoms with Crippen LogP contribution in [0.3, 0.4) is 0 Å². The van der Waals surface area contributed by atoms with Crippen molar-refractivity contribution in [1.82, 2.24) is 0 Å². The number of ether oxygens (including phenoxy) is 2. The van der Waals surface area contributed by atoms with Crippen LogP contribution in [-0.4, -0.2) is 32.7 Å². The van der Waals surface area contributed by atoms with E-state index in [-0.39, 0.29) is 5.92 Å². The molecule has 3 heteroatoms. The third-order valence-corrected chi connectivity index (χ3v) is 5.77. The normalized spacial score (nSPS) is 31.8. The lowest BCUT2D eigenvalue weighted by Gasteiger charge is -2.53. The SMILES string of the molecule is COCC12CCC(COCCCC(=O)C(C)C)(CC1)CC2.